The van der Waals surface area contributed by atoms with Crippen molar-refractivity contribution in [2.24, 2.45) is 0 Å². The summed E-state index contributed by atoms with van der Waals surface area (Å²) in [6.07, 6.45) is 0. The molecule has 0 unspecified atom stereocenters. The van der Waals surface area contributed by atoms with Crippen LogP contribution in [-0.2, 0) is 4.79 Å². The summed E-state index contributed by atoms with van der Waals surface area (Å²) in [6, 6.07) is 10.1. The molecule has 5 heteroatoms. The highest BCUT2D eigenvalue weighted by Crippen LogP contribution is 2.27. The van der Waals surface area contributed by atoms with Crippen molar-refractivity contribution >= 4 is 28.9 Å². The topological polar surface area (TPSA) is 49.3 Å². The molecule has 100 valence electrons. The predicted molar refractivity (Wildman–Crippen MR) is 77.7 cm³/mol. The molecular weight excluding hydrogens is 282 g/mol. The average molecular weight is 296 g/mol. The van der Waals surface area contributed by atoms with Crippen LogP contribution in [0.3, 0.4) is 0 Å². The summed E-state index contributed by atoms with van der Waals surface area (Å²) in [5.41, 5.74) is 0.583. The molecule has 1 aromatic heterocycles. The third kappa shape index (κ3) is 3.35. The van der Waals surface area contributed by atoms with Gasteiger partial charge in [0, 0.05) is 15.9 Å². The minimum atomic E-state index is -0.934. The Morgan fingerprint density at radius 1 is 1.32 bits per heavy atom. The van der Waals surface area contributed by atoms with Crippen molar-refractivity contribution in [2.75, 3.05) is 0 Å². The number of thiophene rings is 1. The lowest BCUT2D eigenvalue weighted by Gasteiger charge is -2.20. The second-order valence-corrected chi connectivity index (χ2v) is 5.58. The summed E-state index contributed by atoms with van der Waals surface area (Å²) >= 11 is 7.67. The zero-order valence-electron chi connectivity index (χ0n) is 10.3. The first-order chi connectivity index (χ1) is 9.09. The van der Waals surface area contributed by atoms with Gasteiger partial charge in [-0.1, -0.05) is 35.9 Å². The number of halogens is 1. The average Bonchev–Trinajstić information content (AvgIpc) is 2.90. The number of carboxylic acids is 1. The summed E-state index contributed by atoms with van der Waals surface area (Å²) in [5.74, 6) is -0.934. The fourth-order valence-electron chi connectivity index (χ4n) is 1.87. The molecule has 0 saturated carbocycles. The van der Waals surface area contributed by atoms with Gasteiger partial charge in [-0.15, -0.1) is 11.3 Å². The molecule has 3 nitrogen and oxygen atoms in total. The molecule has 2 atom stereocenters. The third-order valence-electron chi connectivity index (χ3n) is 2.85. The Kier molecular flexibility index (Phi) is 4.58. The largest absolute Gasteiger partial charge is 0.480 e. The highest BCUT2D eigenvalue weighted by atomic mass is 35.5. The number of aliphatic carboxylic acids is 1. The van der Waals surface area contributed by atoms with Gasteiger partial charge in [-0.3, -0.25) is 10.1 Å². The lowest BCUT2D eigenvalue weighted by atomic mass is 10.1. The normalized spacial score (nSPS) is 14.0. The molecule has 0 aliphatic carbocycles. The van der Waals surface area contributed by atoms with Crippen LogP contribution in [0.15, 0.2) is 41.8 Å². The molecular formula is C14H14ClNO2S. The molecule has 0 fully saturated rings. The van der Waals surface area contributed by atoms with E-state index < -0.39 is 12.0 Å². The SMILES string of the molecule is C[C@H](N[C@H](C(=O)O)c1ccccc1Cl)c1cccs1. The van der Waals surface area contributed by atoms with E-state index in [2.05, 4.69) is 5.32 Å². The van der Waals surface area contributed by atoms with Gasteiger partial charge >= 0.3 is 5.97 Å². The van der Waals surface area contributed by atoms with Crippen LogP contribution >= 0.6 is 22.9 Å². The Morgan fingerprint density at radius 3 is 2.63 bits per heavy atom. The maximum atomic E-state index is 11.4. The smallest absolute Gasteiger partial charge is 0.325 e. The van der Waals surface area contributed by atoms with Crippen molar-refractivity contribution in [1.29, 1.82) is 0 Å². The Labute approximate surface area is 120 Å². The van der Waals surface area contributed by atoms with Gasteiger partial charge in [0.2, 0.25) is 0 Å². The molecule has 0 saturated heterocycles. The zero-order chi connectivity index (χ0) is 13.8. The Bertz CT molecular complexity index is 556. The van der Waals surface area contributed by atoms with E-state index in [1.807, 2.05) is 24.4 Å². The van der Waals surface area contributed by atoms with Crippen LogP contribution in [0, 0.1) is 0 Å². The summed E-state index contributed by atoms with van der Waals surface area (Å²) in [4.78, 5) is 12.5. The van der Waals surface area contributed by atoms with Gasteiger partial charge in [0.1, 0.15) is 6.04 Å². The van der Waals surface area contributed by atoms with Gasteiger partial charge < -0.3 is 5.11 Å². The minimum absolute atomic E-state index is 0.0441. The molecule has 1 aromatic carbocycles. The zero-order valence-corrected chi connectivity index (χ0v) is 11.9. The standard InChI is InChI=1S/C14H14ClNO2S/c1-9(12-7-4-8-19-12)16-13(14(17)18)10-5-2-3-6-11(10)15/h2-9,13,16H,1H3,(H,17,18)/t9-,13-/m0/s1. The molecule has 2 aromatic rings. The van der Waals surface area contributed by atoms with E-state index >= 15 is 0 Å². The Hall–Kier alpha value is -1.36. The molecule has 0 bridgehead atoms. The number of nitrogens with one attached hydrogen (secondary N) is 1. The highest BCUT2D eigenvalue weighted by molar-refractivity contribution is 7.10. The van der Waals surface area contributed by atoms with Crippen molar-refractivity contribution in [3.63, 3.8) is 0 Å². The first-order valence-electron chi connectivity index (χ1n) is 5.86. The fourth-order valence-corrected chi connectivity index (χ4v) is 2.86. The second kappa shape index (κ2) is 6.19. The predicted octanol–water partition coefficient (Wildman–Crippen LogP) is 3.88. The van der Waals surface area contributed by atoms with Gasteiger partial charge in [-0.2, -0.15) is 0 Å². The van der Waals surface area contributed by atoms with Crippen molar-refractivity contribution in [1.82, 2.24) is 5.32 Å². The van der Waals surface area contributed by atoms with E-state index in [1.54, 1.807) is 35.6 Å². The lowest BCUT2D eigenvalue weighted by molar-refractivity contribution is -0.139. The van der Waals surface area contributed by atoms with E-state index in [9.17, 15) is 9.90 Å². The van der Waals surface area contributed by atoms with E-state index in [0.717, 1.165) is 4.88 Å². The molecule has 0 aliphatic heterocycles. The van der Waals surface area contributed by atoms with Crippen molar-refractivity contribution < 1.29 is 9.90 Å². The third-order valence-corrected chi connectivity index (χ3v) is 4.25. The second-order valence-electron chi connectivity index (χ2n) is 4.20. The fraction of sp³-hybridized carbons (Fsp3) is 0.214. The molecule has 0 spiro atoms. The van der Waals surface area contributed by atoms with Crippen molar-refractivity contribution in [3.05, 3.63) is 57.2 Å². The van der Waals surface area contributed by atoms with Crippen molar-refractivity contribution in [2.45, 2.75) is 19.0 Å². The van der Waals surface area contributed by atoms with Crippen LogP contribution < -0.4 is 5.32 Å². The maximum absolute atomic E-state index is 11.4. The number of hydrogen-bond donors (Lipinski definition) is 2. The van der Waals surface area contributed by atoms with Crippen LogP contribution in [0.5, 0.6) is 0 Å². The maximum Gasteiger partial charge on any atom is 0.325 e. The van der Waals surface area contributed by atoms with Crippen LogP contribution in [0.2, 0.25) is 5.02 Å². The summed E-state index contributed by atoms with van der Waals surface area (Å²) in [5, 5.41) is 14.9. The van der Waals surface area contributed by atoms with Gasteiger partial charge in [-0.05, 0) is 30.0 Å². The van der Waals surface area contributed by atoms with Crippen LogP contribution in [0.1, 0.15) is 29.4 Å². The van der Waals surface area contributed by atoms with Crippen LogP contribution in [0.25, 0.3) is 0 Å². The molecule has 2 N–H and O–H groups in total. The number of carboxylic acid groups (broad SMARTS) is 1. The summed E-state index contributed by atoms with van der Waals surface area (Å²) in [6.45, 7) is 1.94. The van der Waals surface area contributed by atoms with Gasteiger partial charge in [-0.25, -0.2) is 0 Å². The Morgan fingerprint density at radius 2 is 2.05 bits per heavy atom. The Balaban J connectivity index is 2.22. The van der Waals surface area contributed by atoms with Crippen molar-refractivity contribution in [3.8, 4) is 0 Å². The molecule has 0 aliphatic rings. The first kappa shape index (κ1) is 14.1. The number of hydrogen-bond acceptors (Lipinski definition) is 3. The monoisotopic (exact) mass is 295 g/mol. The number of carbonyl (C=O) groups is 1. The summed E-state index contributed by atoms with van der Waals surface area (Å²) < 4.78 is 0. The summed E-state index contributed by atoms with van der Waals surface area (Å²) in [7, 11) is 0. The van der Waals surface area contributed by atoms with Crippen LogP contribution in [0.4, 0.5) is 0 Å². The number of rotatable bonds is 5. The quantitative estimate of drug-likeness (QED) is 0.880. The minimum Gasteiger partial charge on any atom is -0.480 e. The van der Waals surface area contributed by atoms with E-state index in [4.69, 9.17) is 11.6 Å². The van der Waals surface area contributed by atoms with E-state index in [-0.39, 0.29) is 6.04 Å². The molecule has 0 radical (unpaired) electrons. The lowest BCUT2D eigenvalue weighted by Crippen LogP contribution is -2.30. The first-order valence-corrected chi connectivity index (χ1v) is 7.12. The van der Waals surface area contributed by atoms with Gasteiger partial charge in [0.15, 0.2) is 0 Å². The number of benzene rings is 1. The molecule has 1 heterocycles. The van der Waals surface area contributed by atoms with E-state index in [1.165, 1.54) is 0 Å². The molecule has 0 amide bonds. The van der Waals surface area contributed by atoms with Gasteiger partial charge in [0.25, 0.3) is 0 Å². The highest BCUT2D eigenvalue weighted by Gasteiger charge is 2.24. The van der Waals surface area contributed by atoms with Crippen LogP contribution in [-0.4, -0.2) is 11.1 Å². The molecule has 2 rings (SSSR count). The van der Waals surface area contributed by atoms with Gasteiger partial charge in [0.05, 0.1) is 0 Å². The molecule has 19 heavy (non-hydrogen) atoms. The van der Waals surface area contributed by atoms with E-state index in [0.29, 0.717) is 10.6 Å².